The highest BCUT2D eigenvalue weighted by atomic mass is 15.3. The third-order valence-corrected chi connectivity index (χ3v) is 5.08. The summed E-state index contributed by atoms with van der Waals surface area (Å²) in [5.41, 5.74) is 2.71. The molecule has 0 N–H and O–H groups in total. The molecule has 0 bridgehead atoms. The van der Waals surface area contributed by atoms with Gasteiger partial charge in [0.2, 0.25) is 0 Å². The van der Waals surface area contributed by atoms with Crippen molar-refractivity contribution >= 4 is 0 Å². The molecular weight excluding hydrogens is 296 g/mol. The highest BCUT2D eigenvalue weighted by Crippen LogP contribution is 2.18. The van der Waals surface area contributed by atoms with E-state index >= 15 is 0 Å². The van der Waals surface area contributed by atoms with Gasteiger partial charge in [0, 0.05) is 50.7 Å². The van der Waals surface area contributed by atoms with Gasteiger partial charge in [-0.1, -0.05) is 31.2 Å². The molecule has 2 aromatic rings. The molecule has 0 radical (unpaired) electrons. The van der Waals surface area contributed by atoms with E-state index < -0.39 is 0 Å². The van der Waals surface area contributed by atoms with Gasteiger partial charge in [-0.25, -0.2) is 0 Å². The van der Waals surface area contributed by atoms with Crippen LogP contribution in [-0.4, -0.2) is 51.3 Å². The number of hydrogen-bond donors (Lipinski definition) is 0. The van der Waals surface area contributed by atoms with E-state index in [1.54, 1.807) is 0 Å². The maximum absolute atomic E-state index is 4.27. The first-order valence-corrected chi connectivity index (χ1v) is 9.19. The highest BCUT2D eigenvalue weighted by molar-refractivity contribution is 5.22. The highest BCUT2D eigenvalue weighted by Gasteiger charge is 2.27. The smallest absolute Gasteiger partial charge is 0.0659 e. The molecule has 1 atom stereocenters. The zero-order chi connectivity index (χ0) is 16.9. The van der Waals surface area contributed by atoms with Gasteiger partial charge in [-0.05, 0) is 37.5 Å². The van der Waals surface area contributed by atoms with Crippen molar-refractivity contribution in [2.24, 2.45) is 0 Å². The van der Waals surface area contributed by atoms with E-state index in [1.165, 1.54) is 37.2 Å². The average Bonchev–Trinajstić information content (AvgIpc) is 3.09. The first-order chi connectivity index (χ1) is 11.7. The lowest BCUT2D eigenvalue weighted by molar-refractivity contribution is 0.0457. The zero-order valence-electron chi connectivity index (χ0n) is 15.2. The monoisotopic (exact) mass is 326 g/mol. The van der Waals surface area contributed by atoms with Crippen LogP contribution in [0.25, 0.3) is 0 Å². The summed E-state index contributed by atoms with van der Waals surface area (Å²) in [5.74, 6) is 0. The van der Waals surface area contributed by atoms with Crippen molar-refractivity contribution in [1.82, 2.24) is 19.6 Å². The Morgan fingerprint density at radius 1 is 1.08 bits per heavy atom. The molecule has 24 heavy (non-hydrogen) atoms. The third kappa shape index (κ3) is 4.25. The molecule has 0 aliphatic carbocycles. The maximum Gasteiger partial charge on any atom is 0.0659 e. The molecule has 0 spiro atoms. The van der Waals surface area contributed by atoms with Crippen LogP contribution in [0.2, 0.25) is 0 Å². The third-order valence-electron chi connectivity index (χ3n) is 5.08. The van der Waals surface area contributed by atoms with Crippen LogP contribution < -0.4 is 0 Å². The van der Waals surface area contributed by atoms with Crippen molar-refractivity contribution in [3.8, 4) is 0 Å². The fourth-order valence-corrected chi connectivity index (χ4v) is 3.71. The molecule has 1 aliphatic rings. The summed E-state index contributed by atoms with van der Waals surface area (Å²) in [6.07, 6.45) is 5.07. The van der Waals surface area contributed by atoms with Crippen LogP contribution in [0.15, 0.2) is 42.7 Å². The molecule has 1 saturated heterocycles. The summed E-state index contributed by atoms with van der Waals surface area (Å²) < 4.78 is 1.96. The van der Waals surface area contributed by atoms with Gasteiger partial charge in [-0.3, -0.25) is 14.5 Å². The average molecular weight is 326 g/mol. The SMILES string of the molecule is CC[C@@H]1CN(Cc2ccc(Cn3cccn3)cc2)CCN1C(C)C. The molecule has 4 nitrogen and oxygen atoms in total. The lowest BCUT2D eigenvalue weighted by atomic mass is 10.1. The molecular formula is C20H30N4. The Morgan fingerprint density at radius 3 is 2.38 bits per heavy atom. The zero-order valence-corrected chi connectivity index (χ0v) is 15.2. The normalized spacial score (nSPS) is 19.9. The van der Waals surface area contributed by atoms with Gasteiger partial charge in [-0.2, -0.15) is 5.10 Å². The summed E-state index contributed by atoms with van der Waals surface area (Å²) in [6, 6.07) is 12.3. The minimum atomic E-state index is 0.652. The second kappa shape index (κ2) is 7.95. The summed E-state index contributed by atoms with van der Waals surface area (Å²) in [6.45, 7) is 12.4. The van der Waals surface area contributed by atoms with E-state index in [4.69, 9.17) is 0 Å². The molecule has 2 heterocycles. The van der Waals surface area contributed by atoms with E-state index in [9.17, 15) is 0 Å². The molecule has 1 aliphatic heterocycles. The Morgan fingerprint density at radius 2 is 1.79 bits per heavy atom. The van der Waals surface area contributed by atoms with Gasteiger partial charge >= 0.3 is 0 Å². The van der Waals surface area contributed by atoms with Crippen LogP contribution in [0, 0.1) is 0 Å². The minimum Gasteiger partial charge on any atom is -0.296 e. The molecule has 1 aromatic carbocycles. The molecule has 1 aromatic heterocycles. The number of piperazine rings is 1. The second-order valence-electron chi connectivity index (χ2n) is 7.15. The fraction of sp³-hybridized carbons (Fsp3) is 0.550. The van der Waals surface area contributed by atoms with E-state index in [0.29, 0.717) is 12.1 Å². The Balaban J connectivity index is 1.56. The van der Waals surface area contributed by atoms with E-state index in [0.717, 1.165) is 13.1 Å². The van der Waals surface area contributed by atoms with Gasteiger partial charge in [0.15, 0.2) is 0 Å². The number of benzene rings is 1. The standard InChI is InChI=1S/C20H30N4/c1-4-20-16-22(12-13-24(20)17(2)3)14-18-6-8-19(9-7-18)15-23-11-5-10-21-23/h5-11,17,20H,4,12-16H2,1-3H3/t20-/m1/s1. The largest absolute Gasteiger partial charge is 0.296 e. The summed E-state index contributed by atoms with van der Waals surface area (Å²) in [5, 5.41) is 4.27. The predicted octanol–water partition coefficient (Wildman–Crippen LogP) is 3.24. The first kappa shape index (κ1) is 17.2. The van der Waals surface area contributed by atoms with Crippen LogP contribution in [0.3, 0.4) is 0 Å². The van der Waals surface area contributed by atoms with Gasteiger partial charge in [0.1, 0.15) is 0 Å². The molecule has 1 fully saturated rings. The van der Waals surface area contributed by atoms with Crippen molar-refractivity contribution in [1.29, 1.82) is 0 Å². The van der Waals surface area contributed by atoms with Gasteiger partial charge in [-0.15, -0.1) is 0 Å². The Bertz CT molecular complexity index is 603. The van der Waals surface area contributed by atoms with Crippen molar-refractivity contribution in [2.45, 2.75) is 52.4 Å². The lowest BCUT2D eigenvalue weighted by Gasteiger charge is -2.43. The number of aromatic nitrogens is 2. The van der Waals surface area contributed by atoms with E-state index in [-0.39, 0.29) is 0 Å². The quantitative estimate of drug-likeness (QED) is 0.814. The van der Waals surface area contributed by atoms with Gasteiger partial charge in [0.05, 0.1) is 6.54 Å². The van der Waals surface area contributed by atoms with Crippen LogP contribution in [0.4, 0.5) is 0 Å². The molecule has 0 unspecified atom stereocenters. The molecule has 4 heteroatoms. The summed E-state index contributed by atoms with van der Waals surface area (Å²) in [7, 11) is 0. The molecule has 130 valence electrons. The molecule has 0 amide bonds. The number of hydrogen-bond acceptors (Lipinski definition) is 3. The number of nitrogens with zero attached hydrogens (tertiary/aromatic N) is 4. The van der Waals surface area contributed by atoms with Gasteiger partial charge < -0.3 is 0 Å². The van der Waals surface area contributed by atoms with Crippen LogP contribution in [-0.2, 0) is 13.1 Å². The maximum atomic E-state index is 4.27. The molecule has 0 saturated carbocycles. The summed E-state index contributed by atoms with van der Waals surface area (Å²) in [4.78, 5) is 5.26. The topological polar surface area (TPSA) is 24.3 Å². The van der Waals surface area contributed by atoms with E-state index in [2.05, 4.69) is 59.9 Å². The lowest BCUT2D eigenvalue weighted by Crippen LogP contribution is -2.54. The Kier molecular flexibility index (Phi) is 5.69. The predicted molar refractivity (Wildman–Crippen MR) is 99.0 cm³/mol. The van der Waals surface area contributed by atoms with E-state index in [1.807, 2.05) is 23.1 Å². The van der Waals surface area contributed by atoms with Crippen molar-refractivity contribution in [3.05, 3.63) is 53.9 Å². The van der Waals surface area contributed by atoms with Crippen LogP contribution in [0.5, 0.6) is 0 Å². The Labute approximate surface area is 146 Å². The van der Waals surface area contributed by atoms with Crippen molar-refractivity contribution in [3.63, 3.8) is 0 Å². The van der Waals surface area contributed by atoms with Crippen LogP contribution >= 0.6 is 0 Å². The Hall–Kier alpha value is -1.65. The number of rotatable bonds is 6. The summed E-state index contributed by atoms with van der Waals surface area (Å²) >= 11 is 0. The first-order valence-electron chi connectivity index (χ1n) is 9.19. The van der Waals surface area contributed by atoms with Crippen molar-refractivity contribution in [2.75, 3.05) is 19.6 Å². The molecule has 3 rings (SSSR count). The van der Waals surface area contributed by atoms with Crippen LogP contribution in [0.1, 0.15) is 38.3 Å². The fourth-order valence-electron chi connectivity index (χ4n) is 3.71. The van der Waals surface area contributed by atoms with Crippen molar-refractivity contribution < 1.29 is 0 Å². The van der Waals surface area contributed by atoms with Gasteiger partial charge in [0.25, 0.3) is 0 Å². The minimum absolute atomic E-state index is 0.652. The second-order valence-corrected chi connectivity index (χ2v) is 7.15.